The van der Waals surface area contributed by atoms with E-state index < -0.39 is 16.1 Å². The van der Waals surface area contributed by atoms with E-state index in [0.717, 1.165) is 11.6 Å². The first-order valence-corrected chi connectivity index (χ1v) is 9.61. The number of carbonyl (C=O) groups excluding carboxylic acids is 2. The van der Waals surface area contributed by atoms with Gasteiger partial charge in [-0.05, 0) is 30.2 Å². The maximum atomic E-state index is 12.9. The SMILES string of the molecule is C=CC(=O)NC1CC(CO)N(S(=O)(=O)c2ccc(CNC(C)=O)cc2)C1. The quantitative estimate of drug-likeness (QED) is 0.563. The fraction of sp³-hybridized carbons (Fsp3) is 0.412. The molecule has 3 N–H and O–H groups in total. The molecular formula is C17H23N3O5S. The molecule has 1 aliphatic heterocycles. The Morgan fingerprint density at radius 3 is 2.54 bits per heavy atom. The summed E-state index contributed by atoms with van der Waals surface area (Å²) in [5, 5.41) is 14.9. The molecule has 1 aromatic carbocycles. The van der Waals surface area contributed by atoms with Crippen molar-refractivity contribution in [2.75, 3.05) is 13.2 Å². The fourth-order valence-electron chi connectivity index (χ4n) is 2.85. The van der Waals surface area contributed by atoms with Crippen LogP contribution < -0.4 is 10.6 Å². The lowest BCUT2D eigenvalue weighted by atomic mass is 10.2. The maximum absolute atomic E-state index is 12.9. The zero-order valence-electron chi connectivity index (χ0n) is 14.5. The van der Waals surface area contributed by atoms with Crippen LogP contribution in [0.25, 0.3) is 0 Å². The molecule has 0 bridgehead atoms. The van der Waals surface area contributed by atoms with Gasteiger partial charge in [0.2, 0.25) is 21.8 Å². The van der Waals surface area contributed by atoms with Crippen LogP contribution in [0.2, 0.25) is 0 Å². The second kappa shape index (κ2) is 8.43. The minimum Gasteiger partial charge on any atom is -0.395 e. The van der Waals surface area contributed by atoms with E-state index in [2.05, 4.69) is 17.2 Å². The molecular weight excluding hydrogens is 358 g/mol. The van der Waals surface area contributed by atoms with Crippen molar-refractivity contribution in [1.82, 2.24) is 14.9 Å². The normalized spacial score (nSPS) is 20.5. The van der Waals surface area contributed by atoms with Crippen LogP contribution in [0, 0.1) is 0 Å². The van der Waals surface area contributed by atoms with E-state index in [-0.39, 0.29) is 35.9 Å². The van der Waals surface area contributed by atoms with Crippen LogP contribution in [0.1, 0.15) is 18.9 Å². The largest absolute Gasteiger partial charge is 0.395 e. The first kappa shape index (κ1) is 20.1. The highest BCUT2D eigenvalue weighted by molar-refractivity contribution is 7.89. The molecule has 1 heterocycles. The summed E-state index contributed by atoms with van der Waals surface area (Å²) in [5.74, 6) is -0.551. The predicted octanol–water partition coefficient (Wildman–Crippen LogP) is -0.251. The van der Waals surface area contributed by atoms with Crippen LogP contribution in [0.4, 0.5) is 0 Å². The van der Waals surface area contributed by atoms with Crippen LogP contribution in [-0.2, 0) is 26.2 Å². The number of carbonyl (C=O) groups is 2. The third-order valence-electron chi connectivity index (χ3n) is 4.18. The standard InChI is InChI=1S/C17H23N3O5S/c1-3-17(23)19-14-8-15(11-21)20(10-14)26(24,25)16-6-4-13(5-7-16)9-18-12(2)22/h3-7,14-15,21H,1,8-11H2,2H3,(H,18,22)(H,19,23). The molecule has 1 aromatic rings. The number of sulfonamides is 1. The third-order valence-corrected chi connectivity index (χ3v) is 6.11. The second-order valence-corrected chi connectivity index (χ2v) is 8.00. The second-order valence-electron chi connectivity index (χ2n) is 6.11. The lowest BCUT2D eigenvalue weighted by Gasteiger charge is -2.22. The van der Waals surface area contributed by atoms with Crippen LogP contribution in [0.3, 0.4) is 0 Å². The summed E-state index contributed by atoms with van der Waals surface area (Å²) in [6.07, 6.45) is 1.45. The summed E-state index contributed by atoms with van der Waals surface area (Å²) in [5.41, 5.74) is 0.774. The van der Waals surface area contributed by atoms with E-state index in [9.17, 15) is 23.1 Å². The molecule has 2 amide bonds. The molecule has 0 spiro atoms. The average molecular weight is 381 g/mol. The highest BCUT2D eigenvalue weighted by atomic mass is 32.2. The number of nitrogens with one attached hydrogen (secondary N) is 2. The number of hydrogen-bond donors (Lipinski definition) is 3. The summed E-state index contributed by atoms with van der Waals surface area (Å²) >= 11 is 0. The van der Waals surface area contributed by atoms with Crippen LogP contribution in [0.15, 0.2) is 41.8 Å². The molecule has 142 valence electrons. The Hall–Kier alpha value is -2.23. The summed E-state index contributed by atoms with van der Waals surface area (Å²) in [6.45, 7) is 4.84. The van der Waals surface area contributed by atoms with Gasteiger partial charge in [-0.1, -0.05) is 18.7 Å². The van der Waals surface area contributed by atoms with Crippen LogP contribution >= 0.6 is 0 Å². The van der Waals surface area contributed by atoms with E-state index in [1.165, 1.54) is 23.4 Å². The van der Waals surface area contributed by atoms with Crippen LogP contribution in [-0.4, -0.2) is 54.9 Å². The first-order chi connectivity index (χ1) is 12.3. The van der Waals surface area contributed by atoms with Crippen molar-refractivity contribution in [1.29, 1.82) is 0 Å². The topological polar surface area (TPSA) is 116 Å². The Labute approximate surface area is 152 Å². The van der Waals surface area contributed by atoms with Gasteiger partial charge in [-0.15, -0.1) is 0 Å². The van der Waals surface area contributed by atoms with Gasteiger partial charge in [0.25, 0.3) is 0 Å². The molecule has 26 heavy (non-hydrogen) atoms. The van der Waals surface area contributed by atoms with Gasteiger partial charge in [0.05, 0.1) is 17.5 Å². The molecule has 9 heteroatoms. The lowest BCUT2D eigenvalue weighted by Crippen LogP contribution is -2.39. The van der Waals surface area contributed by atoms with Gasteiger partial charge in [-0.25, -0.2) is 8.42 Å². The van der Waals surface area contributed by atoms with E-state index in [4.69, 9.17) is 0 Å². The molecule has 1 fully saturated rings. The highest BCUT2D eigenvalue weighted by Crippen LogP contribution is 2.26. The van der Waals surface area contributed by atoms with Crippen molar-refractivity contribution >= 4 is 21.8 Å². The predicted molar refractivity (Wildman–Crippen MR) is 95.5 cm³/mol. The zero-order chi connectivity index (χ0) is 19.3. The number of aliphatic hydroxyl groups is 1. The molecule has 0 saturated carbocycles. The highest BCUT2D eigenvalue weighted by Gasteiger charge is 2.40. The minimum atomic E-state index is -3.81. The summed E-state index contributed by atoms with van der Waals surface area (Å²) < 4.78 is 27.0. The molecule has 0 aliphatic carbocycles. The van der Waals surface area contributed by atoms with Gasteiger partial charge in [0.15, 0.2) is 0 Å². The van der Waals surface area contributed by atoms with Crippen molar-refractivity contribution in [3.8, 4) is 0 Å². The van der Waals surface area contributed by atoms with Crippen molar-refractivity contribution in [3.63, 3.8) is 0 Å². The van der Waals surface area contributed by atoms with E-state index >= 15 is 0 Å². The van der Waals surface area contributed by atoms with Gasteiger partial charge in [0.1, 0.15) is 0 Å². The Morgan fingerprint density at radius 1 is 1.35 bits per heavy atom. The Bertz CT molecular complexity index is 776. The lowest BCUT2D eigenvalue weighted by molar-refractivity contribution is -0.119. The van der Waals surface area contributed by atoms with E-state index in [1.807, 2.05) is 0 Å². The number of aliphatic hydroxyl groups excluding tert-OH is 1. The van der Waals surface area contributed by atoms with Crippen LogP contribution in [0.5, 0.6) is 0 Å². The minimum absolute atomic E-state index is 0.0841. The van der Waals surface area contributed by atoms with Crippen molar-refractivity contribution < 1.29 is 23.1 Å². The molecule has 1 aliphatic rings. The summed E-state index contributed by atoms with van der Waals surface area (Å²) in [7, 11) is -3.81. The molecule has 2 unspecified atom stereocenters. The molecule has 8 nitrogen and oxygen atoms in total. The molecule has 1 saturated heterocycles. The third kappa shape index (κ3) is 4.69. The number of amides is 2. The van der Waals surface area contributed by atoms with Gasteiger partial charge < -0.3 is 15.7 Å². The Balaban J connectivity index is 2.15. The number of rotatable bonds is 7. The van der Waals surface area contributed by atoms with E-state index in [0.29, 0.717) is 13.0 Å². The maximum Gasteiger partial charge on any atom is 0.243 e. The summed E-state index contributed by atoms with van der Waals surface area (Å²) in [4.78, 5) is 22.5. The Morgan fingerprint density at radius 2 is 2.00 bits per heavy atom. The molecule has 2 atom stereocenters. The monoisotopic (exact) mass is 381 g/mol. The smallest absolute Gasteiger partial charge is 0.243 e. The van der Waals surface area contributed by atoms with Crippen molar-refractivity contribution in [3.05, 3.63) is 42.5 Å². The molecule has 2 rings (SSSR count). The average Bonchev–Trinajstić information content (AvgIpc) is 3.03. The summed E-state index contributed by atoms with van der Waals surface area (Å²) in [6, 6.07) is 5.21. The molecule has 0 radical (unpaired) electrons. The van der Waals surface area contributed by atoms with Crippen molar-refractivity contribution in [2.45, 2.75) is 36.9 Å². The van der Waals surface area contributed by atoms with Gasteiger partial charge in [0, 0.05) is 26.1 Å². The van der Waals surface area contributed by atoms with Gasteiger partial charge in [-0.3, -0.25) is 9.59 Å². The Kier molecular flexibility index (Phi) is 6.52. The fourth-order valence-corrected chi connectivity index (χ4v) is 4.52. The van der Waals surface area contributed by atoms with Gasteiger partial charge >= 0.3 is 0 Å². The first-order valence-electron chi connectivity index (χ1n) is 8.17. The number of benzene rings is 1. The van der Waals surface area contributed by atoms with E-state index in [1.54, 1.807) is 12.1 Å². The van der Waals surface area contributed by atoms with Gasteiger partial charge in [-0.2, -0.15) is 4.31 Å². The number of hydrogen-bond acceptors (Lipinski definition) is 5. The van der Waals surface area contributed by atoms with Crippen molar-refractivity contribution in [2.24, 2.45) is 0 Å². The zero-order valence-corrected chi connectivity index (χ0v) is 15.3. The molecule has 0 aromatic heterocycles. The number of nitrogens with zero attached hydrogens (tertiary/aromatic N) is 1.